The molecule has 2 aromatic rings. The number of amides is 3. The van der Waals surface area contributed by atoms with Gasteiger partial charge in [0.05, 0.1) is 0 Å². The first-order valence-corrected chi connectivity index (χ1v) is 7.95. The van der Waals surface area contributed by atoms with Crippen molar-refractivity contribution in [2.75, 3.05) is 5.88 Å². The first kappa shape index (κ1) is 17.0. The van der Waals surface area contributed by atoms with Crippen LogP contribution < -0.4 is 5.32 Å². The number of hydrogen-bond donors (Lipinski definition) is 1. The molecule has 5 heteroatoms. The van der Waals surface area contributed by atoms with E-state index in [0.717, 1.165) is 11.1 Å². The lowest BCUT2D eigenvalue weighted by atomic mass is 10.2. The Bertz CT molecular complexity index is 590. The molecule has 1 N–H and O–H groups in total. The fourth-order valence-electron chi connectivity index (χ4n) is 2.15. The Hall–Kier alpha value is -2.33. The molecule has 3 amide bonds. The average molecular weight is 331 g/mol. The standard InChI is InChI=1S/C18H19ClN2O2/c19-12-11-17(22)20-18(23)21(13-15-7-3-1-4-8-15)14-16-9-5-2-6-10-16/h1-10H,11-14H2,(H,20,22,23). The Balaban J connectivity index is 2.10. The highest BCUT2D eigenvalue weighted by molar-refractivity contribution is 6.19. The second-order valence-electron chi connectivity index (χ2n) is 5.12. The van der Waals surface area contributed by atoms with Crippen LogP contribution in [0.15, 0.2) is 60.7 Å². The number of alkyl halides is 1. The number of hydrogen-bond acceptors (Lipinski definition) is 2. The van der Waals surface area contributed by atoms with Crippen molar-refractivity contribution in [2.24, 2.45) is 0 Å². The van der Waals surface area contributed by atoms with Gasteiger partial charge in [-0.3, -0.25) is 10.1 Å². The van der Waals surface area contributed by atoms with Crippen molar-refractivity contribution in [1.82, 2.24) is 10.2 Å². The lowest BCUT2D eigenvalue weighted by molar-refractivity contribution is -0.119. The van der Waals surface area contributed by atoms with Gasteiger partial charge < -0.3 is 4.90 Å². The molecule has 0 fully saturated rings. The van der Waals surface area contributed by atoms with Gasteiger partial charge in [0.25, 0.3) is 0 Å². The zero-order valence-corrected chi connectivity index (χ0v) is 13.5. The van der Waals surface area contributed by atoms with Crippen molar-refractivity contribution >= 4 is 23.5 Å². The Morgan fingerprint density at radius 2 is 1.35 bits per heavy atom. The molecule has 23 heavy (non-hydrogen) atoms. The molecule has 0 aliphatic heterocycles. The number of rotatable bonds is 6. The summed E-state index contributed by atoms with van der Waals surface area (Å²) in [5.41, 5.74) is 2.01. The van der Waals surface area contributed by atoms with Crippen molar-refractivity contribution in [3.05, 3.63) is 71.8 Å². The Labute approximate surface area is 141 Å². The van der Waals surface area contributed by atoms with E-state index in [4.69, 9.17) is 11.6 Å². The van der Waals surface area contributed by atoms with Crippen molar-refractivity contribution in [3.63, 3.8) is 0 Å². The van der Waals surface area contributed by atoms with Crippen molar-refractivity contribution in [1.29, 1.82) is 0 Å². The van der Waals surface area contributed by atoms with Gasteiger partial charge in [-0.05, 0) is 11.1 Å². The number of imide groups is 1. The third-order valence-electron chi connectivity index (χ3n) is 3.29. The van der Waals surface area contributed by atoms with Crippen LogP contribution in [0.25, 0.3) is 0 Å². The minimum absolute atomic E-state index is 0.123. The van der Waals surface area contributed by atoms with Gasteiger partial charge in [-0.15, -0.1) is 11.6 Å². The Morgan fingerprint density at radius 1 is 0.870 bits per heavy atom. The first-order valence-electron chi connectivity index (χ1n) is 7.41. The van der Waals surface area contributed by atoms with Gasteiger partial charge in [-0.25, -0.2) is 4.79 Å². The molecule has 0 saturated heterocycles. The monoisotopic (exact) mass is 330 g/mol. The normalized spacial score (nSPS) is 10.1. The van der Waals surface area contributed by atoms with E-state index in [2.05, 4.69) is 5.32 Å². The third kappa shape index (κ3) is 5.75. The van der Waals surface area contributed by atoms with Gasteiger partial charge in [0.15, 0.2) is 0 Å². The summed E-state index contributed by atoms with van der Waals surface area (Å²) in [6.07, 6.45) is 0.123. The van der Waals surface area contributed by atoms with Gasteiger partial charge >= 0.3 is 6.03 Å². The van der Waals surface area contributed by atoms with E-state index < -0.39 is 6.03 Å². The number of carbonyl (C=O) groups is 2. The highest BCUT2D eigenvalue weighted by Crippen LogP contribution is 2.10. The minimum Gasteiger partial charge on any atom is -0.316 e. The number of halogens is 1. The van der Waals surface area contributed by atoms with Crippen molar-refractivity contribution < 1.29 is 9.59 Å². The predicted molar refractivity (Wildman–Crippen MR) is 91.0 cm³/mol. The molecule has 2 rings (SSSR count). The van der Waals surface area contributed by atoms with Crippen LogP contribution in [0.3, 0.4) is 0 Å². The number of benzene rings is 2. The van der Waals surface area contributed by atoms with E-state index >= 15 is 0 Å². The molecule has 0 bridgehead atoms. The van der Waals surface area contributed by atoms with Crippen molar-refractivity contribution in [3.8, 4) is 0 Å². The fourth-order valence-corrected chi connectivity index (χ4v) is 2.33. The highest BCUT2D eigenvalue weighted by atomic mass is 35.5. The maximum atomic E-state index is 12.4. The molecule has 0 aliphatic carbocycles. The molecule has 0 aromatic heterocycles. The molecule has 4 nitrogen and oxygen atoms in total. The van der Waals surface area contributed by atoms with E-state index in [1.807, 2.05) is 60.7 Å². The molecule has 0 saturated carbocycles. The quantitative estimate of drug-likeness (QED) is 0.823. The van der Waals surface area contributed by atoms with E-state index in [9.17, 15) is 9.59 Å². The van der Waals surface area contributed by atoms with Crippen LogP contribution in [0.1, 0.15) is 17.5 Å². The number of carbonyl (C=O) groups excluding carboxylic acids is 2. The molecule has 0 heterocycles. The molecule has 0 unspecified atom stereocenters. The van der Waals surface area contributed by atoms with Crippen LogP contribution in [0, 0.1) is 0 Å². The lowest BCUT2D eigenvalue weighted by Gasteiger charge is -2.23. The summed E-state index contributed by atoms with van der Waals surface area (Å²) in [5, 5.41) is 2.39. The topological polar surface area (TPSA) is 49.4 Å². The van der Waals surface area contributed by atoms with Gasteiger partial charge in [-0.1, -0.05) is 60.7 Å². The van der Waals surface area contributed by atoms with Crippen LogP contribution in [-0.2, 0) is 17.9 Å². The van der Waals surface area contributed by atoms with E-state index in [-0.39, 0.29) is 18.2 Å². The molecule has 0 atom stereocenters. The molecule has 0 aliphatic rings. The summed E-state index contributed by atoms with van der Waals surface area (Å²) < 4.78 is 0. The van der Waals surface area contributed by atoms with E-state index in [1.54, 1.807) is 4.90 Å². The number of nitrogens with zero attached hydrogens (tertiary/aromatic N) is 1. The van der Waals surface area contributed by atoms with Crippen LogP contribution in [-0.4, -0.2) is 22.7 Å². The first-order chi connectivity index (χ1) is 11.2. The van der Waals surface area contributed by atoms with Gasteiger partial charge in [0.2, 0.25) is 5.91 Å². The molecular weight excluding hydrogens is 312 g/mol. The van der Waals surface area contributed by atoms with Gasteiger partial charge in [-0.2, -0.15) is 0 Å². The summed E-state index contributed by atoms with van der Waals surface area (Å²) >= 11 is 5.53. The Kier molecular flexibility index (Phi) is 6.63. The van der Waals surface area contributed by atoms with Gasteiger partial charge in [0.1, 0.15) is 0 Å². The number of urea groups is 1. The fraction of sp³-hybridized carbons (Fsp3) is 0.222. The molecule has 0 radical (unpaired) electrons. The molecule has 120 valence electrons. The maximum Gasteiger partial charge on any atom is 0.324 e. The predicted octanol–water partition coefficient (Wildman–Crippen LogP) is 3.55. The van der Waals surface area contributed by atoms with Crippen molar-refractivity contribution in [2.45, 2.75) is 19.5 Å². The molecule has 0 spiro atoms. The summed E-state index contributed by atoms with van der Waals surface area (Å²) in [5.74, 6) is -0.174. The van der Waals surface area contributed by atoms with E-state index in [0.29, 0.717) is 13.1 Å². The maximum absolute atomic E-state index is 12.4. The van der Waals surface area contributed by atoms with Crippen LogP contribution >= 0.6 is 11.6 Å². The van der Waals surface area contributed by atoms with Gasteiger partial charge in [0, 0.05) is 25.4 Å². The van der Waals surface area contributed by atoms with E-state index in [1.165, 1.54) is 0 Å². The largest absolute Gasteiger partial charge is 0.324 e. The minimum atomic E-state index is -0.409. The second-order valence-corrected chi connectivity index (χ2v) is 5.50. The smallest absolute Gasteiger partial charge is 0.316 e. The van der Waals surface area contributed by atoms with Crippen LogP contribution in [0.2, 0.25) is 0 Å². The highest BCUT2D eigenvalue weighted by Gasteiger charge is 2.16. The Morgan fingerprint density at radius 3 is 1.78 bits per heavy atom. The van der Waals surface area contributed by atoms with Crippen LogP contribution in [0.4, 0.5) is 4.79 Å². The summed E-state index contributed by atoms with van der Waals surface area (Å²) in [7, 11) is 0. The summed E-state index contributed by atoms with van der Waals surface area (Å²) in [4.78, 5) is 25.6. The average Bonchev–Trinajstić information content (AvgIpc) is 2.56. The van der Waals surface area contributed by atoms with Crippen LogP contribution in [0.5, 0.6) is 0 Å². The lowest BCUT2D eigenvalue weighted by Crippen LogP contribution is -2.42. The zero-order valence-electron chi connectivity index (χ0n) is 12.7. The summed E-state index contributed by atoms with van der Waals surface area (Å²) in [6, 6.07) is 18.9. The third-order valence-corrected chi connectivity index (χ3v) is 3.48. The number of nitrogens with one attached hydrogen (secondary N) is 1. The molecule has 2 aromatic carbocycles. The summed E-state index contributed by atoms with van der Waals surface area (Å²) in [6.45, 7) is 0.853. The molecular formula is C18H19ClN2O2. The zero-order chi connectivity index (χ0) is 16.5. The second kappa shape index (κ2) is 8.96. The SMILES string of the molecule is O=C(CCCl)NC(=O)N(Cc1ccccc1)Cc1ccccc1.